The Kier molecular flexibility index (Phi) is 4.84. The quantitative estimate of drug-likeness (QED) is 0.770. The van der Waals surface area contributed by atoms with E-state index in [2.05, 4.69) is 11.9 Å². The Labute approximate surface area is 100 Å². The highest BCUT2D eigenvalue weighted by Crippen LogP contribution is 2.22. The number of carbonyl (C=O) groups is 1. The summed E-state index contributed by atoms with van der Waals surface area (Å²) in [6.45, 7) is 2.91. The van der Waals surface area contributed by atoms with Crippen LogP contribution in [0.15, 0.2) is 24.8 Å². The maximum absolute atomic E-state index is 12.6. The summed E-state index contributed by atoms with van der Waals surface area (Å²) >= 11 is 0. The highest BCUT2D eigenvalue weighted by Gasteiger charge is 2.18. The Morgan fingerprint density at radius 3 is 2.82 bits per heavy atom. The van der Waals surface area contributed by atoms with Gasteiger partial charge in [-0.25, -0.2) is 4.39 Å². The van der Waals surface area contributed by atoms with Crippen molar-refractivity contribution in [2.45, 2.75) is 6.04 Å². The van der Waals surface area contributed by atoms with E-state index in [9.17, 15) is 9.18 Å². The Morgan fingerprint density at radius 1 is 1.65 bits per heavy atom. The van der Waals surface area contributed by atoms with Crippen molar-refractivity contribution in [2.75, 3.05) is 20.8 Å². The minimum atomic E-state index is -0.811. The lowest BCUT2D eigenvalue weighted by Gasteiger charge is -2.12. The molecular formula is C13H16FNO2. The number of carbonyl (C=O) groups excluding carboxylic acids is 1. The molecule has 3 nitrogen and oxygen atoms in total. The number of methoxy groups -OCH3 is 1. The van der Waals surface area contributed by atoms with E-state index >= 15 is 0 Å². The van der Waals surface area contributed by atoms with Crippen molar-refractivity contribution < 1.29 is 13.9 Å². The number of rotatable bonds is 6. The van der Waals surface area contributed by atoms with Gasteiger partial charge >= 0.3 is 0 Å². The number of ether oxygens (including phenoxy) is 1. The Balaban J connectivity index is 3.07. The van der Waals surface area contributed by atoms with Crippen molar-refractivity contribution in [2.24, 2.45) is 0 Å². The fraction of sp³-hybridized carbons (Fsp3) is 0.308. The van der Waals surface area contributed by atoms with Crippen LogP contribution in [0.1, 0.15) is 15.9 Å². The number of hydrogen-bond acceptors (Lipinski definition) is 3. The first-order valence-corrected chi connectivity index (χ1v) is 5.25. The average molecular weight is 237 g/mol. The molecule has 0 bridgehead atoms. The summed E-state index contributed by atoms with van der Waals surface area (Å²) in [5.74, 6) is 0.267. The van der Waals surface area contributed by atoms with Gasteiger partial charge in [-0.3, -0.25) is 4.79 Å². The minimum absolute atomic E-state index is 0.288. The SMILES string of the molecule is C=Cc1ccc(C(=O)C(CF)NC)cc1OC. The molecule has 1 atom stereocenters. The first-order chi connectivity index (χ1) is 8.17. The van der Waals surface area contributed by atoms with Gasteiger partial charge in [-0.15, -0.1) is 0 Å². The molecule has 0 aliphatic rings. The van der Waals surface area contributed by atoms with Gasteiger partial charge in [0.25, 0.3) is 0 Å². The predicted octanol–water partition coefficient (Wildman–Crippen LogP) is 2.08. The molecule has 0 spiro atoms. The minimum Gasteiger partial charge on any atom is -0.496 e. The van der Waals surface area contributed by atoms with Crippen LogP contribution in [0, 0.1) is 0 Å². The highest BCUT2D eigenvalue weighted by molar-refractivity contribution is 6.00. The van der Waals surface area contributed by atoms with Crippen LogP contribution >= 0.6 is 0 Å². The molecule has 4 heteroatoms. The Bertz CT molecular complexity index is 414. The van der Waals surface area contributed by atoms with E-state index in [4.69, 9.17) is 4.74 Å². The third kappa shape index (κ3) is 2.91. The van der Waals surface area contributed by atoms with Crippen molar-refractivity contribution in [1.29, 1.82) is 0 Å². The van der Waals surface area contributed by atoms with Crippen molar-refractivity contribution in [3.8, 4) is 5.75 Å². The first kappa shape index (κ1) is 13.4. The van der Waals surface area contributed by atoms with Gasteiger partial charge < -0.3 is 10.1 Å². The van der Waals surface area contributed by atoms with Crippen LogP contribution in [-0.2, 0) is 0 Å². The monoisotopic (exact) mass is 237 g/mol. The zero-order valence-corrected chi connectivity index (χ0v) is 10.00. The summed E-state index contributed by atoms with van der Waals surface area (Å²) in [6, 6.07) is 4.15. The van der Waals surface area contributed by atoms with Crippen LogP contribution < -0.4 is 10.1 Å². The molecule has 92 valence electrons. The molecule has 0 saturated heterocycles. The second-order valence-electron chi connectivity index (χ2n) is 3.52. The van der Waals surface area contributed by atoms with E-state index in [0.29, 0.717) is 11.3 Å². The summed E-state index contributed by atoms with van der Waals surface area (Å²) in [5, 5.41) is 2.63. The van der Waals surface area contributed by atoms with Gasteiger partial charge in [0.1, 0.15) is 12.4 Å². The predicted molar refractivity (Wildman–Crippen MR) is 66.2 cm³/mol. The molecule has 0 saturated carbocycles. The summed E-state index contributed by atoms with van der Waals surface area (Å²) in [4.78, 5) is 11.9. The second-order valence-corrected chi connectivity index (χ2v) is 3.52. The molecule has 1 N–H and O–H groups in total. The van der Waals surface area contributed by atoms with Gasteiger partial charge in [-0.1, -0.05) is 24.8 Å². The van der Waals surface area contributed by atoms with Crippen LogP contribution in [0.2, 0.25) is 0 Å². The van der Waals surface area contributed by atoms with Crippen molar-refractivity contribution in [1.82, 2.24) is 5.32 Å². The van der Waals surface area contributed by atoms with Crippen LogP contribution in [0.5, 0.6) is 5.75 Å². The van der Waals surface area contributed by atoms with E-state index in [-0.39, 0.29) is 5.78 Å². The molecule has 1 aromatic carbocycles. The fourth-order valence-electron chi connectivity index (χ4n) is 1.51. The number of ketones is 1. The van der Waals surface area contributed by atoms with E-state index in [0.717, 1.165) is 5.56 Å². The highest BCUT2D eigenvalue weighted by atomic mass is 19.1. The van der Waals surface area contributed by atoms with Gasteiger partial charge in [0.05, 0.1) is 13.2 Å². The number of nitrogens with one attached hydrogen (secondary N) is 1. The molecule has 0 amide bonds. The maximum Gasteiger partial charge on any atom is 0.182 e. The molecule has 17 heavy (non-hydrogen) atoms. The summed E-state index contributed by atoms with van der Waals surface area (Å²) < 4.78 is 17.7. The molecule has 0 heterocycles. The van der Waals surface area contributed by atoms with Crippen molar-refractivity contribution in [3.63, 3.8) is 0 Å². The molecule has 0 fully saturated rings. The smallest absolute Gasteiger partial charge is 0.182 e. The van der Waals surface area contributed by atoms with E-state index in [1.165, 1.54) is 7.11 Å². The van der Waals surface area contributed by atoms with E-state index < -0.39 is 12.7 Å². The molecule has 1 unspecified atom stereocenters. The number of halogens is 1. The fourth-order valence-corrected chi connectivity index (χ4v) is 1.51. The maximum atomic E-state index is 12.6. The molecule has 0 aliphatic heterocycles. The average Bonchev–Trinajstić information content (AvgIpc) is 2.39. The van der Waals surface area contributed by atoms with Crippen LogP contribution in [-0.4, -0.2) is 32.7 Å². The third-order valence-corrected chi connectivity index (χ3v) is 2.56. The Morgan fingerprint density at radius 2 is 2.35 bits per heavy atom. The number of Topliss-reactive ketones (excluding diaryl/α,β-unsaturated/α-hetero) is 1. The summed E-state index contributed by atoms with van der Waals surface area (Å²) in [5.41, 5.74) is 1.22. The number of alkyl halides is 1. The van der Waals surface area contributed by atoms with Crippen molar-refractivity contribution >= 4 is 11.9 Å². The van der Waals surface area contributed by atoms with E-state index in [1.54, 1.807) is 31.3 Å². The van der Waals surface area contributed by atoms with Crippen LogP contribution in [0.3, 0.4) is 0 Å². The lowest BCUT2D eigenvalue weighted by atomic mass is 10.0. The number of benzene rings is 1. The first-order valence-electron chi connectivity index (χ1n) is 5.25. The van der Waals surface area contributed by atoms with Gasteiger partial charge in [-0.05, 0) is 13.1 Å². The van der Waals surface area contributed by atoms with E-state index in [1.807, 2.05) is 0 Å². The lowest BCUT2D eigenvalue weighted by molar-refractivity contribution is 0.0932. The topological polar surface area (TPSA) is 38.3 Å². The molecule has 0 aliphatic carbocycles. The number of likely N-dealkylation sites (N-methyl/N-ethyl adjacent to an activating group) is 1. The zero-order valence-electron chi connectivity index (χ0n) is 10.00. The van der Waals surface area contributed by atoms with Gasteiger partial charge in [0.15, 0.2) is 5.78 Å². The molecule has 1 rings (SSSR count). The third-order valence-electron chi connectivity index (χ3n) is 2.56. The van der Waals surface area contributed by atoms with Gasteiger partial charge in [-0.2, -0.15) is 0 Å². The zero-order chi connectivity index (χ0) is 12.8. The summed E-state index contributed by atoms with van der Waals surface area (Å²) in [7, 11) is 3.07. The van der Waals surface area contributed by atoms with Gasteiger partial charge in [0.2, 0.25) is 0 Å². The lowest BCUT2D eigenvalue weighted by Crippen LogP contribution is -2.35. The molecule has 1 aromatic rings. The van der Waals surface area contributed by atoms with Gasteiger partial charge in [0, 0.05) is 11.1 Å². The molecule has 0 radical (unpaired) electrons. The molecular weight excluding hydrogens is 221 g/mol. The summed E-state index contributed by atoms with van der Waals surface area (Å²) in [6.07, 6.45) is 1.64. The standard InChI is InChI=1S/C13H16FNO2/c1-4-9-5-6-10(7-12(9)17-3)13(16)11(8-14)15-2/h4-7,11,15H,1,8H2,2-3H3. The normalized spacial score (nSPS) is 11.9. The Hall–Kier alpha value is -1.68. The largest absolute Gasteiger partial charge is 0.496 e. The van der Waals surface area contributed by atoms with Crippen molar-refractivity contribution in [3.05, 3.63) is 35.9 Å². The molecule has 0 aromatic heterocycles. The number of hydrogen-bond donors (Lipinski definition) is 1. The van der Waals surface area contributed by atoms with Crippen LogP contribution in [0.4, 0.5) is 4.39 Å². The second kappa shape index (κ2) is 6.15. The van der Waals surface area contributed by atoms with Crippen LogP contribution in [0.25, 0.3) is 6.08 Å².